The highest BCUT2D eigenvalue weighted by Crippen LogP contribution is 2.52. The maximum absolute atomic E-state index is 13.1. The highest BCUT2D eigenvalue weighted by atomic mass is 16.5. The standard InChI is InChI=1S/C17H22N4O5/c1-10-18-12(19-26-10)8-20(2)15(22)13-11-4-5-17(25-11)9-21(6-7-24-3)16(23)14(13)17/h4-5,11,13-14H,6-9H2,1-3H3/t11-,13-,14-,17-/m0/s1. The summed E-state index contributed by atoms with van der Waals surface area (Å²) >= 11 is 0. The van der Waals surface area contributed by atoms with Gasteiger partial charge in [0.15, 0.2) is 5.82 Å². The maximum atomic E-state index is 13.1. The Balaban J connectivity index is 1.52. The number of rotatable bonds is 6. The lowest BCUT2D eigenvalue weighted by Gasteiger charge is -2.27. The van der Waals surface area contributed by atoms with Crippen LogP contribution in [-0.4, -0.2) is 77.3 Å². The molecule has 3 aliphatic rings. The van der Waals surface area contributed by atoms with Crippen LogP contribution < -0.4 is 0 Å². The molecule has 4 heterocycles. The second-order valence-corrected chi connectivity index (χ2v) is 7.08. The van der Waals surface area contributed by atoms with Gasteiger partial charge in [-0.1, -0.05) is 17.3 Å². The van der Waals surface area contributed by atoms with Gasteiger partial charge in [-0.25, -0.2) is 0 Å². The van der Waals surface area contributed by atoms with Crippen LogP contribution in [0.1, 0.15) is 11.7 Å². The third kappa shape index (κ3) is 2.53. The molecule has 1 spiro atoms. The van der Waals surface area contributed by atoms with Crippen molar-refractivity contribution in [1.29, 1.82) is 0 Å². The first-order valence-corrected chi connectivity index (χ1v) is 8.64. The van der Waals surface area contributed by atoms with E-state index < -0.39 is 17.4 Å². The zero-order valence-corrected chi connectivity index (χ0v) is 15.0. The van der Waals surface area contributed by atoms with Crippen LogP contribution in [0.25, 0.3) is 0 Å². The summed E-state index contributed by atoms with van der Waals surface area (Å²) in [5.74, 6) is -0.320. The number of aryl methyl sites for hydroxylation is 1. The van der Waals surface area contributed by atoms with Gasteiger partial charge in [0, 0.05) is 27.6 Å². The van der Waals surface area contributed by atoms with E-state index >= 15 is 0 Å². The number of hydrogen-bond acceptors (Lipinski definition) is 7. The quantitative estimate of drug-likeness (QED) is 0.645. The Labute approximate surface area is 150 Å². The largest absolute Gasteiger partial charge is 0.383 e. The average molecular weight is 362 g/mol. The van der Waals surface area contributed by atoms with E-state index in [0.717, 1.165) is 0 Å². The molecule has 2 bridgehead atoms. The van der Waals surface area contributed by atoms with Crippen LogP contribution in [0.4, 0.5) is 0 Å². The van der Waals surface area contributed by atoms with Gasteiger partial charge >= 0.3 is 0 Å². The van der Waals surface area contributed by atoms with Crippen molar-refractivity contribution < 1.29 is 23.6 Å². The minimum Gasteiger partial charge on any atom is -0.383 e. The number of aromatic nitrogens is 2. The van der Waals surface area contributed by atoms with Crippen molar-refractivity contribution in [3.63, 3.8) is 0 Å². The molecule has 0 saturated carbocycles. The average Bonchev–Trinajstić information content (AvgIpc) is 3.34. The molecule has 1 aromatic heterocycles. The van der Waals surface area contributed by atoms with Gasteiger partial charge in [0.05, 0.1) is 37.6 Å². The zero-order valence-electron chi connectivity index (χ0n) is 15.0. The van der Waals surface area contributed by atoms with Gasteiger partial charge in [0.25, 0.3) is 0 Å². The highest BCUT2D eigenvalue weighted by Gasteiger charge is 2.67. The second-order valence-electron chi connectivity index (χ2n) is 7.08. The molecule has 0 unspecified atom stereocenters. The van der Waals surface area contributed by atoms with E-state index in [1.807, 2.05) is 12.2 Å². The minimum absolute atomic E-state index is 0.0453. The van der Waals surface area contributed by atoms with Crippen molar-refractivity contribution in [1.82, 2.24) is 19.9 Å². The lowest BCUT2D eigenvalue weighted by molar-refractivity contribution is -0.143. The van der Waals surface area contributed by atoms with Gasteiger partial charge in [-0.2, -0.15) is 4.98 Å². The molecule has 4 rings (SSSR count). The third-order valence-corrected chi connectivity index (χ3v) is 5.35. The monoisotopic (exact) mass is 362 g/mol. The number of nitrogens with zero attached hydrogens (tertiary/aromatic N) is 4. The van der Waals surface area contributed by atoms with Crippen LogP contribution in [0.5, 0.6) is 0 Å². The smallest absolute Gasteiger partial charge is 0.230 e. The Morgan fingerprint density at radius 1 is 1.54 bits per heavy atom. The molecule has 2 amide bonds. The number of amides is 2. The number of hydrogen-bond donors (Lipinski definition) is 0. The van der Waals surface area contributed by atoms with Crippen molar-refractivity contribution >= 4 is 11.8 Å². The molecule has 9 heteroatoms. The summed E-state index contributed by atoms with van der Waals surface area (Å²) in [4.78, 5) is 33.4. The molecule has 2 saturated heterocycles. The normalized spacial score (nSPS) is 31.7. The van der Waals surface area contributed by atoms with E-state index in [4.69, 9.17) is 14.0 Å². The molecule has 0 radical (unpaired) electrons. The topological polar surface area (TPSA) is 98.0 Å². The molecule has 2 fully saturated rings. The summed E-state index contributed by atoms with van der Waals surface area (Å²) in [6, 6.07) is 0. The van der Waals surface area contributed by atoms with Gasteiger partial charge in [-0.15, -0.1) is 0 Å². The Hall–Kier alpha value is -2.26. The van der Waals surface area contributed by atoms with E-state index in [1.54, 1.807) is 26.0 Å². The zero-order chi connectivity index (χ0) is 18.5. The molecule has 1 aromatic rings. The molecular weight excluding hydrogens is 340 g/mol. The van der Waals surface area contributed by atoms with E-state index in [9.17, 15) is 9.59 Å². The number of carbonyl (C=O) groups excluding carboxylic acids is 2. The summed E-state index contributed by atoms with van der Waals surface area (Å²) in [7, 11) is 3.28. The molecule has 0 aliphatic carbocycles. The Morgan fingerprint density at radius 2 is 2.35 bits per heavy atom. The first-order valence-electron chi connectivity index (χ1n) is 8.64. The van der Waals surface area contributed by atoms with Crippen molar-refractivity contribution in [2.75, 3.05) is 33.9 Å². The SMILES string of the molecule is COCCN1C[C@]23C=C[C@H](O2)[C@H](C(=O)N(C)Cc2noc(C)n2)[C@H]3C1=O. The van der Waals surface area contributed by atoms with Crippen LogP contribution in [0.15, 0.2) is 16.7 Å². The predicted octanol–water partition coefficient (Wildman–Crippen LogP) is -0.235. The number of methoxy groups -OCH3 is 1. The molecule has 140 valence electrons. The first kappa shape index (κ1) is 17.2. The van der Waals surface area contributed by atoms with Crippen LogP contribution >= 0.6 is 0 Å². The van der Waals surface area contributed by atoms with Gasteiger partial charge < -0.3 is 23.8 Å². The third-order valence-electron chi connectivity index (χ3n) is 5.35. The first-order chi connectivity index (χ1) is 12.4. The van der Waals surface area contributed by atoms with Gasteiger partial charge in [0.2, 0.25) is 17.7 Å². The minimum atomic E-state index is -0.695. The van der Waals surface area contributed by atoms with Gasteiger partial charge in [-0.3, -0.25) is 9.59 Å². The molecular formula is C17H22N4O5. The fraction of sp³-hybridized carbons (Fsp3) is 0.647. The Morgan fingerprint density at radius 3 is 3.04 bits per heavy atom. The summed E-state index contributed by atoms with van der Waals surface area (Å²) in [6.45, 7) is 3.34. The maximum Gasteiger partial charge on any atom is 0.230 e. The number of ether oxygens (including phenoxy) is 2. The number of carbonyl (C=O) groups is 2. The summed E-state index contributed by atoms with van der Waals surface area (Å²) < 4.78 is 16.1. The summed E-state index contributed by atoms with van der Waals surface area (Å²) in [6.07, 6.45) is 3.48. The number of likely N-dealkylation sites (tertiary alicyclic amines) is 1. The van der Waals surface area contributed by atoms with Crippen LogP contribution in [0.3, 0.4) is 0 Å². The lowest BCUT2D eigenvalue weighted by Crippen LogP contribution is -2.44. The summed E-state index contributed by atoms with van der Waals surface area (Å²) in [5.41, 5.74) is -0.695. The van der Waals surface area contributed by atoms with Crippen molar-refractivity contribution in [2.24, 2.45) is 11.8 Å². The molecule has 3 aliphatic heterocycles. The highest BCUT2D eigenvalue weighted by molar-refractivity contribution is 5.92. The molecule has 0 aromatic carbocycles. The predicted molar refractivity (Wildman–Crippen MR) is 87.7 cm³/mol. The Kier molecular flexibility index (Phi) is 4.07. The lowest BCUT2D eigenvalue weighted by atomic mass is 9.76. The Bertz CT molecular complexity index is 762. The van der Waals surface area contributed by atoms with Gasteiger partial charge in [-0.05, 0) is 0 Å². The molecule has 4 atom stereocenters. The van der Waals surface area contributed by atoms with Gasteiger partial charge in [0.1, 0.15) is 5.60 Å². The molecule has 9 nitrogen and oxygen atoms in total. The van der Waals surface area contributed by atoms with E-state index in [2.05, 4.69) is 10.1 Å². The fourth-order valence-electron chi connectivity index (χ4n) is 4.20. The molecule has 26 heavy (non-hydrogen) atoms. The van der Waals surface area contributed by atoms with Crippen molar-refractivity contribution in [2.45, 2.75) is 25.2 Å². The van der Waals surface area contributed by atoms with E-state index in [1.165, 1.54) is 4.90 Å². The van der Waals surface area contributed by atoms with Crippen LogP contribution in [-0.2, 0) is 25.6 Å². The number of fused-ring (bicyclic) bond motifs is 1. The molecule has 0 N–H and O–H groups in total. The van der Waals surface area contributed by atoms with E-state index in [-0.39, 0.29) is 24.5 Å². The van der Waals surface area contributed by atoms with Crippen LogP contribution in [0.2, 0.25) is 0 Å². The fourth-order valence-corrected chi connectivity index (χ4v) is 4.20. The van der Waals surface area contributed by atoms with E-state index in [0.29, 0.717) is 31.4 Å². The van der Waals surface area contributed by atoms with Crippen molar-refractivity contribution in [3.8, 4) is 0 Å². The summed E-state index contributed by atoms with van der Waals surface area (Å²) in [5, 5.41) is 3.82. The van der Waals surface area contributed by atoms with Crippen molar-refractivity contribution in [3.05, 3.63) is 23.9 Å². The second kappa shape index (κ2) is 6.17. The van der Waals surface area contributed by atoms with Crippen LogP contribution in [0, 0.1) is 18.8 Å².